The van der Waals surface area contributed by atoms with Gasteiger partial charge in [0.25, 0.3) is 0 Å². The lowest BCUT2D eigenvalue weighted by molar-refractivity contribution is -0.145. The maximum absolute atomic E-state index is 11.8. The molecular formula is C14H10O3. The summed E-state index contributed by atoms with van der Waals surface area (Å²) >= 11 is 0. The van der Waals surface area contributed by atoms with Gasteiger partial charge in [-0.3, -0.25) is 0 Å². The largest absolute Gasteiger partial charge is 0.470 e. The van der Waals surface area contributed by atoms with E-state index in [0.717, 1.165) is 5.56 Å². The van der Waals surface area contributed by atoms with Crippen LogP contribution in [0.3, 0.4) is 0 Å². The molecule has 3 heteroatoms. The zero-order chi connectivity index (χ0) is 11.7. The number of esters is 1. The summed E-state index contributed by atoms with van der Waals surface area (Å²) in [7, 11) is 0. The van der Waals surface area contributed by atoms with E-state index >= 15 is 0 Å². The standard InChI is InChI=1S/C14H10O3/c15-14-13(10-6-2-1-3-7-10)16-11-8-4-5-9-12(11)17-14/h1-9,13H/t13-/m1/s1. The van der Waals surface area contributed by atoms with E-state index in [1.54, 1.807) is 18.2 Å². The van der Waals surface area contributed by atoms with Crippen LogP contribution in [-0.4, -0.2) is 5.97 Å². The Morgan fingerprint density at radius 3 is 2.24 bits per heavy atom. The van der Waals surface area contributed by atoms with Gasteiger partial charge >= 0.3 is 5.97 Å². The average molecular weight is 226 g/mol. The molecule has 1 aliphatic rings. The van der Waals surface area contributed by atoms with Crippen molar-refractivity contribution < 1.29 is 14.3 Å². The monoisotopic (exact) mass is 226 g/mol. The molecule has 1 atom stereocenters. The molecule has 0 N–H and O–H groups in total. The number of ether oxygens (including phenoxy) is 2. The first-order chi connectivity index (χ1) is 8.34. The van der Waals surface area contributed by atoms with Gasteiger partial charge in [-0.1, -0.05) is 42.5 Å². The third-order valence-corrected chi connectivity index (χ3v) is 2.62. The summed E-state index contributed by atoms with van der Waals surface area (Å²) in [5.74, 6) is 0.695. The number of rotatable bonds is 1. The maximum Gasteiger partial charge on any atom is 0.357 e. The van der Waals surface area contributed by atoms with E-state index < -0.39 is 6.10 Å². The van der Waals surface area contributed by atoms with Crippen LogP contribution in [0.4, 0.5) is 0 Å². The molecule has 17 heavy (non-hydrogen) atoms. The Balaban J connectivity index is 1.98. The van der Waals surface area contributed by atoms with Gasteiger partial charge in [-0.15, -0.1) is 0 Å². The summed E-state index contributed by atoms with van der Waals surface area (Å²) in [6.07, 6.45) is -0.675. The Morgan fingerprint density at radius 2 is 1.47 bits per heavy atom. The van der Waals surface area contributed by atoms with Gasteiger partial charge in [0.15, 0.2) is 11.5 Å². The number of carbonyl (C=O) groups is 1. The molecule has 0 bridgehead atoms. The highest BCUT2D eigenvalue weighted by Crippen LogP contribution is 2.36. The van der Waals surface area contributed by atoms with Crippen molar-refractivity contribution in [3.05, 3.63) is 60.2 Å². The molecule has 0 fully saturated rings. The maximum atomic E-state index is 11.8. The molecule has 2 aromatic rings. The van der Waals surface area contributed by atoms with Crippen molar-refractivity contribution in [2.24, 2.45) is 0 Å². The fourth-order valence-electron chi connectivity index (χ4n) is 1.80. The fourth-order valence-corrected chi connectivity index (χ4v) is 1.80. The molecule has 3 rings (SSSR count). The minimum Gasteiger partial charge on any atom is -0.470 e. The lowest BCUT2D eigenvalue weighted by atomic mass is 10.1. The zero-order valence-electron chi connectivity index (χ0n) is 9.00. The van der Waals surface area contributed by atoms with Gasteiger partial charge in [-0.05, 0) is 12.1 Å². The lowest BCUT2D eigenvalue weighted by Crippen LogP contribution is -2.27. The normalized spacial score (nSPS) is 17.9. The van der Waals surface area contributed by atoms with Crippen LogP contribution in [0.15, 0.2) is 54.6 Å². The van der Waals surface area contributed by atoms with Gasteiger partial charge in [-0.2, -0.15) is 0 Å². The fraction of sp³-hybridized carbons (Fsp3) is 0.0714. The molecule has 3 nitrogen and oxygen atoms in total. The van der Waals surface area contributed by atoms with Gasteiger partial charge in [0.1, 0.15) is 0 Å². The van der Waals surface area contributed by atoms with Crippen molar-refractivity contribution in [1.29, 1.82) is 0 Å². The van der Waals surface area contributed by atoms with Crippen molar-refractivity contribution in [2.45, 2.75) is 6.10 Å². The molecule has 0 saturated carbocycles. The molecule has 0 saturated heterocycles. The molecular weight excluding hydrogens is 216 g/mol. The zero-order valence-corrected chi connectivity index (χ0v) is 9.00. The van der Waals surface area contributed by atoms with Crippen LogP contribution in [0.5, 0.6) is 11.5 Å². The number of hydrogen-bond donors (Lipinski definition) is 0. The summed E-state index contributed by atoms with van der Waals surface area (Å²) in [6, 6.07) is 16.5. The van der Waals surface area contributed by atoms with Crippen LogP contribution in [0.25, 0.3) is 0 Å². The number of para-hydroxylation sites is 2. The molecule has 0 aliphatic carbocycles. The highest BCUT2D eigenvalue weighted by Gasteiger charge is 2.30. The lowest BCUT2D eigenvalue weighted by Gasteiger charge is -2.24. The summed E-state index contributed by atoms with van der Waals surface area (Å²) in [5, 5.41) is 0. The van der Waals surface area contributed by atoms with Crippen molar-refractivity contribution in [1.82, 2.24) is 0 Å². The smallest absolute Gasteiger partial charge is 0.357 e. The summed E-state index contributed by atoms with van der Waals surface area (Å²) in [6.45, 7) is 0. The Hall–Kier alpha value is -2.29. The third kappa shape index (κ3) is 1.76. The molecule has 0 radical (unpaired) electrons. The van der Waals surface area contributed by atoms with Crippen LogP contribution in [0, 0.1) is 0 Å². The second-order valence-corrected chi connectivity index (χ2v) is 3.78. The van der Waals surface area contributed by atoms with Gasteiger partial charge in [0.05, 0.1) is 0 Å². The van der Waals surface area contributed by atoms with Crippen molar-refractivity contribution in [3.8, 4) is 11.5 Å². The average Bonchev–Trinajstić information content (AvgIpc) is 2.39. The first-order valence-electron chi connectivity index (χ1n) is 5.37. The van der Waals surface area contributed by atoms with E-state index in [-0.39, 0.29) is 5.97 Å². The Morgan fingerprint density at radius 1 is 0.824 bits per heavy atom. The second-order valence-electron chi connectivity index (χ2n) is 3.78. The Labute approximate surface area is 98.6 Å². The minimum absolute atomic E-state index is 0.380. The molecule has 0 spiro atoms. The summed E-state index contributed by atoms with van der Waals surface area (Å²) in [4.78, 5) is 11.8. The van der Waals surface area contributed by atoms with Gasteiger partial charge in [0.2, 0.25) is 6.10 Å². The van der Waals surface area contributed by atoms with Gasteiger partial charge in [0, 0.05) is 5.56 Å². The van der Waals surface area contributed by atoms with E-state index in [0.29, 0.717) is 11.5 Å². The SMILES string of the molecule is O=C1Oc2ccccc2O[C@@H]1c1ccccc1. The van der Waals surface area contributed by atoms with Crippen LogP contribution >= 0.6 is 0 Å². The molecule has 0 amide bonds. The predicted molar refractivity (Wildman–Crippen MR) is 61.9 cm³/mol. The Kier molecular flexibility index (Phi) is 2.29. The topological polar surface area (TPSA) is 35.5 Å². The number of carbonyl (C=O) groups excluding carboxylic acids is 1. The third-order valence-electron chi connectivity index (χ3n) is 2.62. The van der Waals surface area contributed by atoms with E-state index in [4.69, 9.17) is 9.47 Å². The van der Waals surface area contributed by atoms with Crippen LogP contribution in [0.1, 0.15) is 11.7 Å². The van der Waals surface area contributed by atoms with E-state index in [2.05, 4.69) is 0 Å². The van der Waals surface area contributed by atoms with E-state index in [1.165, 1.54) is 0 Å². The number of benzene rings is 2. The van der Waals surface area contributed by atoms with Crippen LogP contribution < -0.4 is 9.47 Å². The second kappa shape index (κ2) is 3.94. The van der Waals surface area contributed by atoms with E-state index in [9.17, 15) is 4.79 Å². The summed E-state index contributed by atoms with van der Waals surface area (Å²) < 4.78 is 10.9. The van der Waals surface area contributed by atoms with Gasteiger partial charge in [-0.25, -0.2) is 4.79 Å². The quantitative estimate of drug-likeness (QED) is 0.554. The van der Waals surface area contributed by atoms with Crippen LogP contribution in [0.2, 0.25) is 0 Å². The molecule has 0 aromatic heterocycles. The number of fused-ring (bicyclic) bond motifs is 1. The number of hydrogen-bond acceptors (Lipinski definition) is 3. The first-order valence-corrected chi connectivity index (χ1v) is 5.37. The van der Waals surface area contributed by atoms with Crippen LogP contribution in [-0.2, 0) is 4.79 Å². The predicted octanol–water partition coefficient (Wildman–Crippen LogP) is 2.73. The molecule has 84 valence electrons. The molecule has 0 unspecified atom stereocenters. The first kappa shape index (κ1) is 9.90. The highest BCUT2D eigenvalue weighted by atomic mass is 16.6. The van der Waals surface area contributed by atoms with Crippen molar-refractivity contribution >= 4 is 5.97 Å². The highest BCUT2D eigenvalue weighted by molar-refractivity contribution is 5.81. The Bertz CT molecular complexity index is 548. The molecule has 1 aliphatic heterocycles. The van der Waals surface area contributed by atoms with E-state index in [1.807, 2.05) is 36.4 Å². The van der Waals surface area contributed by atoms with Crippen molar-refractivity contribution in [3.63, 3.8) is 0 Å². The minimum atomic E-state index is -0.675. The summed E-state index contributed by atoms with van der Waals surface area (Å²) in [5.41, 5.74) is 0.798. The molecule has 2 aromatic carbocycles. The molecule has 1 heterocycles. The van der Waals surface area contributed by atoms with Gasteiger partial charge < -0.3 is 9.47 Å². The van der Waals surface area contributed by atoms with Crippen molar-refractivity contribution in [2.75, 3.05) is 0 Å².